The third-order valence-electron chi connectivity index (χ3n) is 2.90. The molecule has 0 aliphatic carbocycles. The van der Waals surface area contributed by atoms with E-state index in [-0.39, 0.29) is 18.2 Å². The molecule has 1 heterocycles. The molecule has 118 valence electrons. The molecule has 4 nitrogen and oxygen atoms in total. The van der Waals surface area contributed by atoms with Gasteiger partial charge in [-0.1, -0.05) is 41.9 Å². The lowest BCUT2D eigenvalue weighted by Gasteiger charge is -2.10. The number of anilines is 4. The summed E-state index contributed by atoms with van der Waals surface area (Å²) >= 11 is 6.05. The summed E-state index contributed by atoms with van der Waals surface area (Å²) in [4.78, 5) is 8.07. The van der Waals surface area contributed by atoms with Crippen molar-refractivity contribution >= 4 is 47.1 Å². The quantitative estimate of drug-likeness (QED) is 0.680. The smallest absolute Gasteiger partial charge is 0.229 e. The summed E-state index contributed by atoms with van der Waals surface area (Å²) < 4.78 is 13.9. The van der Waals surface area contributed by atoms with Crippen LogP contribution in [-0.4, -0.2) is 9.97 Å². The Balaban J connectivity index is 0.00000192. The molecule has 3 rings (SSSR count). The van der Waals surface area contributed by atoms with Crippen LogP contribution in [-0.2, 0) is 0 Å². The van der Waals surface area contributed by atoms with Gasteiger partial charge in [-0.15, -0.1) is 12.4 Å². The van der Waals surface area contributed by atoms with Crippen molar-refractivity contribution in [2.45, 2.75) is 0 Å². The number of nitrogens with one attached hydrogen (secondary N) is 2. The summed E-state index contributed by atoms with van der Waals surface area (Å²) in [6.07, 6.45) is 1.11. The lowest BCUT2D eigenvalue weighted by molar-refractivity contribution is 0.619. The summed E-state index contributed by atoms with van der Waals surface area (Å²) in [5.74, 6) is -0.206. The SMILES string of the molecule is Cl.Fc1cnc(Nc2ccccc2)nc1Nc1ccccc1Cl. The molecule has 0 atom stereocenters. The van der Waals surface area contributed by atoms with Crippen molar-refractivity contribution < 1.29 is 4.39 Å². The zero-order valence-electron chi connectivity index (χ0n) is 11.8. The first-order valence-electron chi connectivity index (χ1n) is 6.58. The lowest BCUT2D eigenvalue weighted by Crippen LogP contribution is -2.03. The second kappa shape index (κ2) is 7.76. The molecule has 0 radical (unpaired) electrons. The minimum absolute atomic E-state index is 0. The third kappa shape index (κ3) is 4.31. The molecular formula is C16H13Cl2FN4. The van der Waals surface area contributed by atoms with Crippen LogP contribution in [0, 0.1) is 5.82 Å². The van der Waals surface area contributed by atoms with E-state index in [1.165, 1.54) is 0 Å². The number of rotatable bonds is 4. The molecule has 0 bridgehead atoms. The van der Waals surface area contributed by atoms with E-state index >= 15 is 0 Å². The highest BCUT2D eigenvalue weighted by Gasteiger charge is 2.09. The largest absolute Gasteiger partial charge is 0.336 e. The highest BCUT2D eigenvalue weighted by Crippen LogP contribution is 2.25. The first-order valence-corrected chi connectivity index (χ1v) is 6.96. The van der Waals surface area contributed by atoms with Gasteiger partial charge >= 0.3 is 0 Å². The molecule has 0 aliphatic rings. The number of aromatic nitrogens is 2. The Labute approximate surface area is 144 Å². The standard InChI is InChI=1S/C16H12ClFN4.ClH/c17-12-8-4-5-9-14(12)21-15-13(18)10-19-16(22-15)20-11-6-2-1-3-7-11;/h1-10H,(H2,19,20,21,22);1H. The van der Waals surface area contributed by atoms with Crippen molar-refractivity contribution in [1.82, 2.24) is 9.97 Å². The predicted molar refractivity (Wildman–Crippen MR) is 93.7 cm³/mol. The molecule has 23 heavy (non-hydrogen) atoms. The van der Waals surface area contributed by atoms with Crippen LogP contribution in [0.2, 0.25) is 5.02 Å². The molecule has 0 saturated heterocycles. The molecule has 0 aliphatic heterocycles. The number of nitrogens with zero attached hydrogens (tertiary/aromatic N) is 2. The summed E-state index contributed by atoms with van der Waals surface area (Å²) in [5.41, 5.74) is 1.39. The van der Waals surface area contributed by atoms with Crippen molar-refractivity contribution in [3.63, 3.8) is 0 Å². The monoisotopic (exact) mass is 350 g/mol. The van der Waals surface area contributed by atoms with Gasteiger partial charge in [-0.05, 0) is 24.3 Å². The van der Waals surface area contributed by atoms with Crippen LogP contribution in [0.5, 0.6) is 0 Å². The lowest BCUT2D eigenvalue weighted by atomic mass is 10.3. The van der Waals surface area contributed by atoms with Gasteiger partial charge in [-0.2, -0.15) is 4.98 Å². The summed E-state index contributed by atoms with van der Waals surface area (Å²) in [7, 11) is 0. The second-order valence-corrected chi connectivity index (χ2v) is 4.89. The number of benzene rings is 2. The molecule has 3 aromatic rings. The Morgan fingerprint density at radius 2 is 1.61 bits per heavy atom. The number of hydrogen-bond donors (Lipinski definition) is 2. The van der Waals surface area contributed by atoms with E-state index < -0.39 is 5.82 Å². The summed E-state index contributed by atoms with van der Waals surface area (Å²) in [6, 6.07) is 16.5. The second-order valence-electron chi connectivity index (χ2n) is 4.49. The molecule has 2 N–H and O–H groups in total. The highest BCUT2D eigenvalue weighted by atomic mass is 35.5. The van der Waals surface area contributed by atoms with Gasteiger partial charge in [0.05, 0.1) is 16.9 Å². The Morgan fingerprint density at radius 1 is 0.913 bits per heavy atom. The fraction of sp³-hybridized carbons (Fsp3) is 0. The maximum atomic E-state index is 13.9. The predicted octanol–water partition coefficient (Wildman–Crippen LogP) is 5.18. The maximum Gasteiger partial charge on any atom is 0.229 e. The Morgan fingerprint density at radius 3 is 2.35 bits per heavy atom. The maximum absolute atomic E-state index is 13.9. The molecule has 0 saturated carbocycles. The van der Waals surface area contributed by atoms with E-state index in [2.05, 4.69) is 20.6 Å². The van der Waals surface area contributed by atoms with Crippen LogP contribution in [0.25, 0.3) is 0 Å². The van der Waals surface area contributed by atoms with Gasteiger partial charge in [-0.25, -0.2) is 9.37 Å². The number of para-hydroxylation sites is 2. The molecule has 7 heteroatoms. The third-order valence-corrected chi connectivity index (χ3v) is 3.23. The molecule has 0 spiro atoms. The molecule has 1 aromatic heterocycles. The van der Waals surface area contributed by atoms with E-state index in [9.17, 15) is 4.39 Å². The van der Waals surface area contributed by atoms with E-state index in [1.54, 1.807) is 24.3 Å². The van der Waals surface area contributed by atoms with Gasteiger partial charge in [0.15, 0.2) is 11.6 Å². The molecular weight excluding hydrogens is 338 g/mol. The van der Waals surface area contributed by atoms with Gasteiger partial charge in [0, 0.05) is 5.69 Å². The van der Waals surface area contributed by atoms with Crippen molar-refractivity contribution in [3.05, 3.63) is 71.6 Å². The zero-order chi connectivity index (χ0) is 15.4. The van der Waals surface area contributed by atoms with Crippen LogP contribution in [0.4, 0.5) is 27.5 Å². The topological polar surface area (TPSA) is 49.8 Å². The molecule has 0 amide bonds. The Kier molecular flexibility index (Phi) is 5.73. The van der Waals surface area contributed by atoms with Gasteiger partial charge in [0.2, 0.25) is 5.95 Å². The van der Waals surface area contributed by atoms with Crippen LogP contribution >= 0.6 is 24.0 Å². The van der Waals surface area contributed by atoms with E-state index in [0.717, 1.165) is 11.9 Å². The van der Waals surface area contributed by atoms with Crippen LogP contribution in [0.1, 0.15) is 0 Å². The summed E-state index contributed by atoms with van der Waals surface area (Å²) in [6.45, 7) is 0. The van der Waals surface area contributed by atoms with E-state index in [4.69, 9.17) is 11.6 Å². The first kappa shape index (κ1) is 17.0. The van der Waals surface area contributed by atoms with Crippen LogP contribution in [0.3, 0.4) is 0 Å². The van der Waals surface area contributed by atoms with Crippen LogP contribution in [0.15, 0.2) is 60.8 Å². The Hall–Kier alpha value is -2.37. The van der Waals surface area contributed by atoms with Gasteiger partial charge in [0.25, 0.3) is 0 Å². The minimum Gasteiger partial charge on any atom is -0.336 e. The number of hydrogen-bond acceptors (Lipinski definition) is 4. The van der Waals surface area contributed by atoms with Crippen molar-refractivity contribution in [1.29, 1.82) is 0 Å². The van der Waals surface area contributed by atoms with Crippen LogP contribution < -0.4 is 10.6 Å². The first-order chi connectivity index (χ1) is 10.7. The van der Waals surface area contributed by atoms with E-state index in [1.807, 2.05) is 30.3 Å². The van der Waals surface area contributed by atoms with Gasteiger partial charge < -0.3 is 10.6 Å². The van der Waals surface area contributed by atoms with Crippen molar-refractivity contribution in [2.24, 2.45) is 0 Å². The summed E-state index contributed by atoms with van der Waals surface area (Å²) in [5, 5.41) is 6.36. The average molecular weight is 351 g/mol. The highest BCUT2D eigenvalue weighted by molar-refractivity contribution is 6.33. The fourth-order valence-electron chi connectivity index (χ4n) is 1.86. The Bertz CT molecular complexity index is 784. The van der Waals surface area contributed by atoms with Crippen molar-refractivity contribution in [3.8, 4) is 0 Å². The normalized spacial score (nSPS) is 9.83. The molecule has 2 aromatic carbocycles. The number of halogens is 3. The van der Waals surface area contributed by atoms with E-state index in [0.29, 0.717) is 16.7 Å². The molecule has 0 fully saturated rings. The van der Waals surface area contributed by atoms with Gasteiger partial charge in [0.1, 0.15) is 0 Å². The fourth-order valence-corrected chi connectivity index (χ4v) is 2.04. The average Bonchev–Trinajstić information content (AvgIpc) is 2.54. The van der Waals surface area contributed by atoms with Crippen molar-refractivity contribution in [2.75, 3.05) is 10.6 Å². The van der Waals surface area contributed by atoms with Gasteiger partial charge in [-0.3, -0.25) is 0 Å². The minimum atomic E-state index is -0.557. The zero-order valence-corrected chi connectivity index (χ0v) is 13.4. The molecule has 0 unspecified atom stereocenters.